The van der Waals surface area contributed by atoms with Gasteiger partial charge in [-0.1, -0.05) is 83.3 Å². The molecule has 1 fully saturated rings. The number of carboxylic acid groups (broad SMARTS) is 2. The molecule has 3 aromatic heterocycles. The minimum absolute atomic E-state index is 0.0494. The van der Waals surface area contributed by atoms with E-state index in [-0.39, 0.29) is 37.1 Å². The Morgan fingerprint density at radius 2 is 1.34 bits per heavy atom. The summed E-state index contributed by atoms with van der Waals surface area (Å²) in [4.78, 5) is 61.3. The van der Waals surface area contributed by atoms with Gasteiger partial charge in [-0.3, -0.25) is 29.0 Å². The van der Waals surface area contributed by atoms with Crippen molar-refractivity contribution in [1.29, 1.82) is 0 Å². The summed E-state index contributed by atoms with van der Waals surface area (Å²) in [6, 6.07) is 25.5. The van der Waals surface area contributed by atoms with Gasteiger partial charge in [-0.25, -0.2) is 9.97 Å². The topological polar surface area (TPSA) is 154 Å². The fraction of sp³-hybridized carbons (Fsp3) is 0.238. The van der Waals surface area contributed by atoms with Crippen LogP contribution < -0.4 is 9.80 Å². The van der Waals surface area contributed by atoms with Gasteiger partial charge in [-0.2, -0.15) is 0 Å². The van der Waals surface area contributed by atoms with Crippen molar-refractivity contribution in [3.63, 3.8) is 0 Å². The molecule has 0 radical (unpaired) electrons. The molecule has 0 saturated heterocycles. The zero-order valence-corrected chi connectivity index (χ0v) is 34.9. The van der Waals surface area contributed by atoms with Gasteiger partial charge >= 0.3 is 11.9 Å². The minimum atomic E-state index is -1.04. The first-order chi connectivity index (χ1) is 27.9. The highest BCUT2D eigenvalue weighted by Gasteiger charge is 2.39. The lowest BCUT2D eigenvalue weighted by Gasteiger charge is -2.25. The molecular formula is C42H37Cl3N4O7S2. The van der Waals surface area contributed by atoms with Crippen molar-refractivity contribution >= 4 is 91.5 Å². The average molecular weight is 880 g/mol. The number of hydrogen-bond acceptors (Lipinski definition) is 9. The monoisotopic (exact) mass is 878 g/mol. The number of rotatable bonds is 15. The van der Waals surface area contributed by atoms with E-state index in [0.717, 1.165) is 24.0 Å². The highest BCUT2D eigenvalue weighted by molar-refractivity contribution is 7.14. The maximum atomic E-state index is 13.5. The summed E-state index contributed by atoms with van der Waals surface area (Å²) in [5.41, 5.74) is 3.72. The lowest BCUT2D eigenvalue weighted by Crippen LogP contribution is -2.39. The van der Waals surface area contributed by atoms with Crippen molar-refractivity contribution in [3.8, 4) is 22.5 Å². The van der Waals surface area contributed by atoms with Crippen LogP contribution in [0.1, 0.15) is 37.0 Å². The summed E-state index contributed by atoms with van der Waals surface area (Å²) >= 11 is 21.3. The largest absolute Gasteiger partial charge is 0.481 e. The Bertz CT molecular complexity index is 2370. The number of carbonyl (C=O) groups excluding carboxylic acids is 2. The van der Waals surface area contributed by atoms with Gasteiger partial charge in [-0.15, -0.1) is 22.7 Å². The molecule has 1 aliphatic rings. The minimum Gasteiger partial charge on any atom is -0.481 e. The maximum absolute atomic E-state index is 13.5. The molecule has 2 amide bonds. The van der Waals surface area contributed by atoms with Crippen LogP contribution in [0.5, 0.6) is 0 Å². The summed E-state index contributed by atoms with van der Waals surface area (Å²) in [6.07, 6.45) is 3.33. The number of nitrogens with zero attached hydrogens (tertiary/aromatic N) is 4. The molecule has 11 nitrogen and oxygen atoms in total. The Balaban J connectivity index is 0.000000198. The molecule has 1 aliphatic carbocycles. The molecule has 0 spiro atoms. The fourth-order valence-electron chi connectivity index (χ4n) is 6.22. The smallest absolute Gasteiger partial charge is 0.304 e. The zero-order chi connectivity index (χ0) is 41.3. The van der Waals surface area contributed by atoms with E-state index in [2.05, 4.69) is 9.97 Å². The lowest BCUT2D eigenvalue weighted by molar-refractivity contribution is -0.141. The number of benzene rings is 3. The van der Waals surface area contributed by atoms with E-state index >= 15 is 0 Å². The predicted molar refractivity (Wildman–Crippen MR) is 228 cm³/mol. The standard InChI is InChI=1S/C23H20Cl2N2O3S.C19H17ClN2O4S/c24-16-6-9-19(25)18(12-16)20-13-31-23(26-20)27(17-7-8-17)22(30)15(11-21(28)29)10-14-4-2-1-3-5-14;1-22(18(25)12(10-17(23)24)9-13-5-4-8-26-13)19-21-16(11-27-19)14-6-2-3-7-15(14)20/h1-6,9,12-13,15,17H,7-8,10-11H2,(H,28,29);2-8,11-12H,9-10H2,1H3,(H,23,24)/t15-;/m1./s1. The van der Waals surface area contributed by atoms with Gasteiger partial charge < -0.3 is 14.6 Å². The van der Waals surface area contributed by atoms with Gasteiger partial charge in [0, 0.05) is 51.4 Å². The SMILES string of the molecule is CN(C(=O)C(CC(=O)O)Cc1ccco1)c1nc(-c2ccccc2Cl)cs1.O=C(O)C[C@@H](Cc1ccccc1)C(=O)N(c1nc(-c2cc(Cl)ccc2Cl)cs1)C1CC1. The Hall–Kier alpha value is -5.05. The first-order valence-electron chi connectivity index (χ1n) is 18.1. The van der Waals surface area contributed by atoms with Crippen molar-refractivity contribution in [3.05, 3.63) is 128 Å². The molecule has 2 atom stereocenters. The number of hydrogen-bond donors (Lipinski definition) is 2. The molecule has 6 aromatic rings. The van der Waals surface area contributed by atoms with Crippen LogP contribution in [0.3, 0.4) is 0 Å². The van der Waals surface area contributed by atoms with Crippen LogP contribution in [0.2, 0.25) is 15.1 Å². The van der Waals surface area contributed by atoms with Crippen LogP contribution in [-0.2, 0) is 32.0 Å². The van der Waals surface area contributed by atoms with Crippen LogP contribution in [0.25, 0.3) is 22.5 Å². The third kappa shape index (κ3) is 11.1. The van der Waals surface area contributed by atoms with E-state index in [1.54, 1.807) is 48.3 Å². The van der Waals surface area contributed by atoms with Gasteiger partial charge in [0.15, 0.2) is 10.3 Å². The third-order valence-corrected chi connectivity index (χ3v) is 11.9. The van der Waals surface area contributed by atoms with Gasteiger partial charge in [0.1, 0.15) is 5.76 Å². The Labute approximate surface area is 357 Å². The van der Waals surface area contributed by atoms with Crippen molar-refractivity contribution < 1.29 is 33.8 Å². The Kier molecular flexibility index (Phi) is 14.4. The van der Waals surface area contributed by atoms with Gasteiger partial charge in [0.05, 0.1) is 47.4 Å². The molecule has 1 unspecified atom stereocenters. The second-order valence-electron chi connectivity index (χ2n) is 13.5. The number of furan rings is 1. The molecule has 16 heteroatoms. The van der Waals surface area contributed by atoms with E-state index in [9.17, 15) is 24.3 Å². The summed E-state index contributed by atoms with van der Waals surface area (Å²) in [5.74, 6) is -3.40. The van der Waals surface area contributed by atoms with Gasteiger partial charge in [-0.05, 0) is 61.2 Å². The van der Waals surface area contributed by atoms with E-state index in [0.29, 0.717) is 54.5 Å². The first-order valence-corrected chi connectivity index (χ1v) is 21.0. The normalized spacial score (nSPS) is 13.2. The fourth-order valence-corrected chi connectivity index (χ4v) is 8.53. The first kappa shape index (κ1) is 42.6. The lowest BCUT2D eigenvalue weighted by atomic mass is 9.94. The highest BCUT2D eigenvalue weighted by Crippen LogP contribution is 2.39. The van der Waals surface area contributed by atoms with Gasteiger partial charge in [0.25, 0.3) is 0 Å². The van der Waals surface area contributed by atoms with E-state index in [1.807, 2.05) is 59.3 Å². The molecule has 0 aliphatic heterocycles. The third-order valence-electron chi connectivity index (χ3n) is 9.20. The van der Waals surface area contributed by atoms with Crippen LogP contribution >= 0.6 is 57.5 Å². The van der Waals surface area contributed by atoms with Crippen molar-refractivity contribution in [2.45, 2.75) is 44.6 Å². The van der Waals surface area contributed by atoms with Crippen molar-refractivity contribution in [2.75, 3.05) is 16.8 Å². The highest BCUT2D eigenvalue weighted by atomic mass is 35.5. The predicted octanol–water partition coefficient (Wildman–Crippen LogP) is 10.3. The second-order valence-corrected chi connectivity index (χ2v) is 16.5. The number of halogens is 3. The molecule has 0 bridgehead atoms. The van der Waals surface area contributed by atoms with E-state index < -0.39 is 23.8 Å². The van der Waals surface area contributed by atoms with Crippen LogP contribution in [-0.4, -0.2) is 57.0 Å². The number of amides is 2. The zero-order valence-electron chi connectivity index (χ0n) is 31.0. The van der Waals surface area contributed by atoms with Crippen LogP contribution in [0.4, 0.5) is 10.3 Å². The summed E-state index contributed by atoms with van der Waals surface area (Å²) in [6.45, 7) is 0. The number of aliphatic carboxylic acids is 2. The summed E-state index contributed by atoms with van der Waals surface area (Å²) in [7, 11) is 1.59. The van der Waals surface area contributed by atoms with Crippen molar-refractivity contribution in [2.24, 2.45) is 11.8 Å². The summed E-state index contributed by atoms with van der Waals surface area (Å²) < 4.78 is 5.26. The number of carbonyl (C=O) groups is 4. The van der Waals surface area contributed by atoms with E-state index in [4.69, 9.17) is 44.3 Å². The molecule has 300 valence electrons. The Morgan fingerprint density at radius 1 is 0.741 bits per heavy atom. The molecule has 3 aromatic carbocycles. The maximum Gasteiger partial charge on any atom is 0.304 e. The number of anilines is 2. The quantitative estimate of drug-likeness (QED) is 0.103. The molecule has 2 N–H and O–H groups in total. The Morgan fingerprint density at radius 3 is 1.98 bits per heavy atom. The molecule has 3 heterocycles. The van der Waals surface area contributed by atoms with E-state index in [1.165, 1.54) is 33.8 Å². The van der Waals surface area contributed by atoms with Gasteiger partial charge in [0.2, 0.25) is 11.8 Å². The van der Waals surface area contributed by atoms with Crippen LogP contribution in [0.15, 0.2) is 106 Å². The summed E-state index contributed by atoms with van der Waals surface area (Å²) in [5, 5.41) is 24.9. The molecule has 58 heavy (non-hydrogen) atoms. The molecular weight excluding hydrogens is 843 g/mol. The van der Waals surface area contributed by atoms with Crippen LogP contribution in [0, 0.1) is 11.8 Å². The number of aromatic nitrogens is 2. The number of carboxylic acids is 2. The second kappa shape index (κ2) is 19.6. The number of thiazole rings is 2. The molecule has 7 rings (SSSR count). The van der Waals surface area contributed by atoms with Crippen molar-refractivity contribution in [1.82, 2.24) is 9.97 Å². The average Bonchev–Trinajstić information content (AvgIpc) is 3.54. The molecule has 1 saturated carbocycles.